The van der Waals surface area contributed by atoms with Gasteiger partial charge in [0.2, 0.25) is 5.91 Å². The molecule has 0 aliphatic rings. The van der Waals surface area contributed by atoms with E-state index in [2.05, 4.69) is 5.32 Å². The number of carbonyl (C=O) groups excluding carboxylic acids is 1. The number of aliphatic hydroxyl groups is 1. The minimum Gasteiger partial charge on any atom is -0.392 e. The van der Waals surface area contributed by atoms with Crippen LogP contribution in [0.5, 0.6) is 0 Å². The van der Waals surface area contributed by atoms with Gasteiger partial charge in [-0.05, 0) is 29.2 Å². The number of aliphatic hydroxyl groups excluding tert-OH is 1. The van der Waals surface area contributed by atoms with Crippen LogP contribution in [0.2, 0.25) is 5.02 Å². The summed E-state index contributed by atoms with van der Waals surface area (Å²) in [7, 11) is 0. The first kappa shape index (κ1) is 17.5. The fourth-order valence-electron chi connectivity index (χ4n) is 2.08. The monoisotopic (exact) mass is 333 g/mol. The fourth-order valence-corrected chi connectivity index (χ4v) is 2.27. The zero-order chi connectivity index (χ0) is 16.5. The fraction of sp³-hybridized carbons (Fsp3) is 0.278. The summed E-state index contributed by atoms with van der Waals surface area (Å²) < 4.78 is 5.37. The lowest BCUT2D eigenvalue weighted by atomic mass is 10.1. The molecule has 4 nitrogen and oxygen atoms in total. The van der Waals surface area contributed by atoms with Crippen LogP contribution in [-0.2, 0) is 29.2 Å². The zero-order valence-electron chi connectivity index (χ0n) is 12.8. The summed E-state index contributed by atoms with van der Waals surface area (Å²) in [5.74, 6) is -0.149. The standard InChI is InChI=1S/C18H20ClNO3/c19-17-4-2-1-3-16(17)12-23-13-18(22)20-10-9-14-5-7-15(11-21)8-6-14/h1-8,21H,9-13H2,(H,20,22). The minimum absolute atomic E-state index is 0.00860. The van der Waals surface area contributed by atoms with Gasteiger partial charge in [0.25, 0.3) is 0 Å². The Kier molecular flexibility index (Phi) is 7.07. The molecule has 0 aliphatic heterocycles. The third-order valence-electron chi connectivity index (χ3n) is 3.39. The molecule has 2 N–H and O–H groups in total. The highest BCUT2D eigenvalue weighted by Crippen LogP contribution is 2.15. The first-order chi connectivity index (χ1) is 11.2. The zero-order valence-corrected chi connectivity index (χ0v) is 13.6. The largest absolute Gasteiger partial charge is 0.392 e. The second-order valence-electron chi connectivity index (χ2n) is 5.16. The van der Waals surface area contributed by atoms with Crippen LogP contribution >= 0.6 is 11.6 Å². The van der Waals surface area contributed by atoms with E-state index in [0.717, 1.165) is 23.1 Å². The number of benzene rings is 2. The average molecular weight is 334 g/mol. The molecule has 0 saturated heterocycles. The number of carbonyl (C=O) groups is 1. The normalized spacial score (nSPS) is 10.5. The van der Waals surface area contributed by atoms with Gasteiger partial charge in [0, 0.05) is 11.6 Å². The molecule has 0 saturated carbocycles. The van der Waals surface area contributed by atoms with Gasteiger partial charge in [0.1, 0.15) is 6.61 Å². The summed E-state index contributed by atoms with van der Waals surface area (Å²) in [6, 6.07) is 15.1. The summed E-state index contributed by atoms with van der Waals surface area (Å²) in [5.41, 5.74) is 2.86. The minimum atomic E-state index is -0.149. The number of nitrogens with one attached hydrogen (secondary N) is 1. The summed E-state index contributed by atoms with van der Waals surface area (Å²) in [6.07, 6.45) is 0.738. The van der Waals surface area contributed by atoms with Crippen LogP contribution in [0.1, 0.15) is 16.7 Å². The number of hydrogen-bond acceptors (Lipinski definition) is 3. The lowest BCUT2D eigenvalue weighted by Crippen LogP contribution is -2.29. The van der Waals surface area contributed by atoms with Crippen molar-refractivity contribution in [3.05, 3.63) is 70.2 Å². The van der Waals surface area contributed by atoms with E-state index in [1.807, 2.05) is 42.5 Å². The molecule has 0 aromatic heterocycles. The third kappa shape index (κ3) is 6.02. The highest BCUT2D eigenvalue weighted by molar-refractivity contribution is 6.31. The van der Waals surface area contributed by atoms with Gasteiger partial charge < -0.3 is 15.2 Å². The Morgan fingerprint density at radius 2 is 1.78 bits per heavy atom. The van der Waals surface area contributed by atoms with E-state index in [1.54, 1.807) is 6.07 Å². The highest BCUT2D eigenvalue weighted by Gasteiger charge is 2.03. The molecule has 1 amide bonds. The van der Waals surface area contributed by atoms with E-state index in [0.29, 0.717) is 18.2 Å². The first-order valence-electron chi connectivity index (χ1n) is 7.45. The molecule has 2 aromatic carbocycles. The van der Waals surface area contributed by atoms with Crippen LogP contribution in [0.15, 0.2) is 48.5 Å². The van der Waals surface area contributed by atoms with Gasteiger partial charge in [-0.15, -0.1) is 0 Å². The van der Waals surface area contributed by atoms with Crippen LogP contribution < -0.4 is 5.32 Å². The molecule has 122 valence electrons. The molecular weight excluding hydrogens is 314 g/mol. The molecule has 0 radical (unpaired) electrons. The van der Waals surface area contributed by atoms with Crippen LogP contribution in [-0.4, -0.2) is 24.2 Å². The number of ether oxygens (including phenoxy) is 1. The lowest BCUT2D eigenvalue weighted by molar-refractivity contribution is -0.126. The van der Waals surface area contributed by atoms with E-state index in [9.17, 15) is 4.79 Å². The van der Waals surface area contributed by atoms with Gasteiger partial charge in [-0.1, -0.05) is 54.1 Å². The lowest BCUT2D eigenvalue weighted by Gasteiger charge is -2.08. The Morgan fingerprint density at radius 1 is 1.09 bits per heavy atom. The van der Waals surface area contributed by atoms with E-state index < -0.39 is 0 Å². The molecule has 0 aliphatic carbocycles. The molecule has 0 unspecified atom stereocenters. The molecule has 5 heteroatoms. The Labute approximate surface area is 141 Å². The van der Waals surface area contributed by atoms with Gasteiger partial charge in [0.15, 0.2) is 0 Å². The predicted octanol–water partition coefficient (Wildman–Crippen LogP) is 2.71. The molecule has 0 atom stereocenters. The third-order valence-corrected chi connectivity index (χ3v) is 3.76. The molecular formula is C18H20ClNO3. The first-order valence-corrected chi connectivity index (χ1v) is 7.83. The summed E-state index contributed by atoms with van der Waals surface area (Å²) >= 11 is 6.02. The molecule has 0 fully saturated rings. The van der Waals surface area contributed by atoms with E-state index in [-0.39, 0.29) is 19.1 Å². The van der Waals surface area contributed by atoms with Crippen molar-refractivity contribution in [2.24, 2.45) is 0 Å². The van der Waals surface area contributed by atoms with Crippen LogP contribution in [0.3, 0.4) is 0 Å². The molecule has 0 heterocycles. The maximum absolute atomic E-state index is 11.7. The van der Waals surface area contributed by atoms with Gasteiger partial charge in [-0.25, -0.2) is 0 Å². The second-order valence-corrected chi connectivity index (χ2v) is 5.57. The Bertz CT molecular complexity index is 628. The molecule has 23 heavy (non-hydrogen) atoms. The maximum atomic E-state index is 11.7. The molecule has 0 bridgehead atoms. The van der Waals surface area contributed by atoms with E-state index >= 15 is 0 Å². The Balaban J connectivity index is 1.64. The van der Waals surface area contributed by atoms with Crippen molar-refractivity contribution in [3.8, 4) is 0 Å². The molecule has 2 aromatic rings. The SMILES string of the molecule is O=C(COCc1ccccc1Cl)NCCc1ccc(CO)cc1. The van der Waals surface area contributed by atoms with Crippen LogP contribution in [0, 0.1) is 0 Å². The van der Waals surface area contributed by atoms with Crippen molar-refractivity contribution in [1.82, 2.24) is 5.32 Å². The molecule has 0 spiro atoms. The summed E-state index contributed by atoms with van der Waals surface area (Å²) in [6.45, 7) is 0.914. The number of hydrogen-bond donors (Lipinski definition) is 2. The quantitative estimate of drug-likeness (QED) is 0.781. The number of rotatable bonds is 8. The maximum Gasteiger partial charge on any atom is 0.246 e. The predicted molar refractivity (Wildman–Crippen MR) is 90.2 cm³/mol. The second kappa shape index (κ2) is 9.30. The van der Waals surface area contributed by atoms with Crippen molar-refractivity contribution in [2.75, 3.05) is 13.2 Å². The molecule has 2 rings (SSSR count). The number of amides is 1. The van der Waals surface area contributed by atoms with Crippen molar-refractivity contribution in [2.45, 2.75) is 19.6 Å². The van der Waals surface area contributed by atoms with E-state index in [1.165, 1.54) is 0 Å². The summed E-state index contributed by atoms with van der Waals surface area (Å²) in [4.78, 5) is 11.7. The summed E-state index contributed by atoms with van der Waals surface area (Å²) in [5, 5.41) is 12.4. The van der Waals surface area contributed by atoms with E-state index in [4.69, 9.17) is 21.4 Å². The number of halogens is 1. The Hall–Kier alpha value is -1.88. The van der Waals surface area contributed by atoms with Crippen molar-refractivity contribution < 1.29 is 14.6 Å². The van der Waals surface area contributed by atoms with Crippen molar-refractivity contribution >= 4 is 17.5 Å². The van der Waals surface area contributed by atoms with Gasteiger partial charge in [0.05, 0.1) is 13.2 Å². The topological polar surface area (TPSA) is 58.6 Å². The average Bonchev–Trinajstić information content (AvgIpc) is 2.57. The smallest absolute Gasteiger partial charge is 0.246 e. The van der Waals surface area contributed by atoms with Gasteiger partial charge in [-0.2, -0.15) is 0 Å². The van der Waals surface area contributed by atoms with Crippen molar-refractivity contribution in [3.63, 3.8) is 0 Å². The Morgan fingerprint density at radius 3 is 2.48 bits per heavy atom. The van der Waals surface area contributed by atoms with Crippen molar-refractivity contribution in [1.29, 1.82) is 0 Å². The van der Waals surface area contributed by atoms with Gasteiger partial charge in [-0.3, -0.25) is 4.79 Å². The van der Waals surface area contributed by atoms with Crippen LogP contribution in [0.4, 0.5) is 0 Å². The van der Waals surface area contributed by atoms with Gasteiger partial charge >= 0.3 is 0 Å². The van der Waals surface area contributed by atoms with Crippen LogP contribution in [0.25, 0.3) is 0 Å². The highest BCUT2D eigenvalue weighted by atomic mass is 35.5.